The minimum absolute atomic E-state index is 0.646. The highest BCUT2D eigenvalue weighted by atomic mass is 79.9. The number of aromatic nitrogens is 2. The molecule has 0 bridgehead atoms. The largest absolute Gasteiger partial charge is 0.396 e. The van der Waals surface area contributed by atoms with E-state index in [0.29, 0.717) is 5.69 Å². The van der Waals surface area contributed by atoms with E-state index in [9.17, 15) is 0 Å². The first-order chi connectivity index (χ1) is 7.77. The highest BCUT2D eigenvalue weighted by molar-refractivity contribution is 9.10. The van der Waals surface area contributed by atoms with Crippen molar-refractivity contribution in [2.75, 3.05) is 17.6 Å². The number of anilines is 2. The molecule has 0 atom stereocenters. The van der Waals surface area contributed by atoms with E-state index >= 15 is 0 Å². The van der Waals surface area contributed by atoms with Crippen LogP contribution < -0.4 is 11.1 Å². The van der Waals surface area contributed by atoms with Gasteiger partial charge in [-0.25, -0.2) is 4.98 Å². The normalized spacial score (nSPS) is 10.3. The number of hydrogen-bond acceptors (Lipinski definition) is 5. The van der Waals surface area contributed by atoms with Crippen LogP contribution in [-0.4, -0.2) is 16.5 Å². The molecule has 2 aromatic heterocycles. The van der Waals surface area contributed by atoms with E-state index in [1.165, 1.54) is 0 Å². The molecule has 0 spiro atoms. The van der Waals surface area contributed by atoms with Gasteiger partial charge in [0.25, 0.3) is 0 Å². The second-order valence-electron chi connectivity index (χ2n) is 3.24. The summed E-state index contributed by atoms with van der Waals surface area (Å²) in [5.41, 5.74) is 10.3. The molecule has 0 aromatic carbocycles. The molecule has 3 N–H and O–H groups in total. The molecule has 2 heterocycles. The van der Waals surface area contributed by atoms with Crippen molar-refractivity contribution in [3.63, 3.8) is 0 Å². The molecule has 84 valence electrons. The first-order valence-electron chi connectivity index (χ1n) is 4.77. The molecule has 0 saturated carbocycles. The minimum Gasteiger partial charge on any atom is -0.396 e. The van der Waals surface area contributed by atoms with E-state index in [-0.39, 0.29) is 0 Å². The van der Waals surface area contributed by atoms with Crippen LogP contribution in [0.15, 0.2) is 27.8 Å². The highest BCUT2D eigenvalue weighted by Gasteiger charge is 2.04. The zero-order valence-electron chi connectivity index (χ0n) is 8.48. The van der Waals surface area contributed by atoms with Crippen LogP contribution in [0.1, 0.15) is 5.69 Å². The Morgan fingerprint density at radius 1 is 1.44 bits per heavy atom. The van der Waals surface area contributed by atoms with Gasteiger partial charge in [0, 0.05) is 24.5 Å². The number of halogens is 1. The van der Waals surface area contributed by atoms with Crippen LogP contribution >= 0.6 is 27.3 Å². The number of nitrogen functional groups attached to an aromatic ring is 1. The third-order valence-electron chi connectivity index (χ3n) is 2.10. The summed E-state index contributed by atoms with van der Waals surface area (Å²) in [7, 11) is 0. The predicted molar refractivity (Wildman–Crippen MR) is 70.7 cm³/mol. The van der Waals surface area contributed by atoms with Crippen LogP contribution in [0.3, 0.4) is 0 Å². The quantitative estimate of drug-likeness (QED) is 0.910. The van der Waals surface area contributed by atoms with Gasteiger partial charge in [0.1, 0.15) is 0 Å². The molecule has 0 aliphatic carbocycles. The summed E-state index contributed by atoms with van der Waals surface area (Å²) < 4.78 is 0.880. The van der Waals surface area contributed by atoms with E-state index in [2.05, 4.69) is 31.2 Å². The van der Waals surface area contributed by atoms with Crippen LogP contribution in [0.5, 0.6) is 0 Å². The number of nitrogens with zero attached hydrogens (tertiary/aromatic N) is 2. The van der Waals surface area contributed by atoms with Gasteiger partial charge in [0.05, 0.1) is 33.2 Å². The fourth-order valence-electron chi connectivity index (χ4n) is 1.31. The van der Waals surface area contributed by atoms with Crippen molar-refractivity contribution in [3.8, 4) is 0 Å². The van der Waals surface area contributed by atoms with E-state index in [1.807, 2.05) is 10.9 Å². The number of nitrogens with two attached hydrogens (primary N) is 1. The number of pyridine rings is 1. The van der Waals surface area contributed by atoms with Crippen molar-refractivity contribution in [2.45, 2.75) is 6.42 Å². The van der Waals surface area contributed by atoms with Crippen molar-refractivity contribution in [3.05, 3.63) is 33.5 Å². The van der Waals surface area contributed by atoms with Crippen molar-refractivity contribution in [1.82, 2.24) is 9.97 Å². The molecule has 0 aliphatic rings. The lowest BCUT2D eigenvalue weighted by Gasteiger charge is -2.09. The van der Waals surface area contributed by atoms with E-state index in [4.69, 9.17) is 5.73 Å². The highest BCUT2D eigenvalue weighted by Crippen LogP contribution is 2.26. The average Bonchev–Trinajstić information content (AvgIpc) is 2.75. The summed E-state index contributed by atoms with van der Waals surface area (Å²) in [6.07, 6.45) is 4.25. The van der Waals surface area contributed by atoms with Crippen molar-refractivity contribution >= 4 is 38.6 Å². The summed E-state index contributed by atoms with van der Waals surface area (Å²) in [6, 6.07) is 0. The van der Waals surface area contributed by atoms with Gasteiger partial charge < -0.3 is 11.1 Å². The van der Waals surface area contributed by atoms with Gasteiger partial charge in [0.15, 0.2) is 0 Å². The fourth-order valence-corrected chi connectivity index (χ4v) is 2.39. The average molecular weight is 299 g/mol. The minimum atomic E-state index is 0.646. The molecule has 6 heteroatoms. The molecule has 0 radical (unpaired) electrons. The molecular weight excluding hydrogens is 288 g/mol. The lowest BCUT2D eigenvalue weighted by atomic mass is 10.3. The second-order valence-corrected chi connectivity index (χ2v) is 4.82. The van der Waals surface area contributed by atoms with Gasteiger partial charge in [-0.2, -0.15) is 0 Å². The van der Waals surface area contributed by atoms with Gasteiger partial charge in [-0.15, -0.1) is 11.3 Å². The first kappa shape index (κ1) is 11.3. The number of thiazole rings is 1. The lowest BCUT2D eigenvalue weighted by Crippen LogP contribution is -2.08. The summed E-state index contributed by atoms with van der Waals surface area (Å²) in [4.78, 5) is 8.20. The van der Waals surface area contributed by atoms with Gasteiger partial charge in [0.2, 0.25) is 0 Å². The summed E-state index contributed by atoms with van der Waals surface area (Å²) in [6.45, 7) is 0.802. The zero-order chi connectivity index (χ0) is 11.4. The lowest BCUT2D eigenvalue weighted by molar-refractivity contribution is 0.976. The van der Waals surface area contributed by atoms with Crippen molar-refractivity contribution < 1.29 is 0 Å². The van der Waals surface area contributed by atoms with E-state index in [0.717, 1.165) is 28.8 Å². The molecular formula is C10H11BrN4S. The second kappa shape index (κ2) is 5.27. The summed E-state index contributed by atoms with van der Waals surface area (Å²) in [5.74, 6) is 0. The zero-order valence-corrected chi connectivity index (χ0v) is 10.9. The van der Waals surface area contributed by atoms with Crippen LogP contribution in [0.2, 0.25) is 0 Å². The standard InChI is InChI=1S/C10H11BrN4S/c11-8-3-13-4-9(12)10(8)14-2-1-7-5-16-6-15-7/h3-6H,1-2,12H2,(H,13,14). The van der Waals surface area contributed by atoms with Gasteiger partial charge in [-0.3, -0.25) is 4.98 Å². The number of nitrogens with one attached hydrogen (secondary N) is 1. The van der Waals surface area contributed by atoms with Gasteiger partial charge in [-0.1, -0.05) is 0 Å². The van der Waals surface area contributed by atoms with Gasteiger partial charge in [-0.05, 0) is 15.9 Å². The molecule has 0 aliphatic heterocycles. The Kier molecular flexibility index (Phi) is 3.74. The molecule has 0 fully saturated rings. The topological polar surface area (TPSA) is 63.8 Å². The number of rotatable bonds is 4. The smallest absolute Gasteiger partial charge is 0.0794 e. The summed E-state index contributed by atoms with van der Waals surface area (Å²) in [5, 5.41) is 5.32. The van der Waals surface area contributed by atoms with E-state index in [1.54, 1.807) is 23.7 Å². The molecule has 0 unspecified atom stereocenters. The predicted octanol–water partition coefficient (Wildman–Crippen LogP) is 2.54. The Labute approximate surface area is 106 Å². The maximum absolute atomic E-state index is 5.81. The summed E-state index contributed by atoms with van der Waals surface area (Å²) >= 11 is 5.02. The van der Waals surface area contributed by atoms with E-state index < -0.39 is 0 Å². The molecule has 2 rings (SSSR count). The maximum atomic E-state index is 5.81. The Balaban J connectivity index is 1.95. The van der Waals surface area contributed by atoms with Gasteiger partial charge >= 0.3 is 0 Å². The fraction of sp³-hybridized carbons (Fsp3) is 0.200. The SMILES string of the molecule is Nc1cncc(Br)c1NCCc1cscn1. The number of hydrogen-bond donors (Lipinski definition) is 2. The molecule has 2 aromatic rings. The molecule has 0 saturated heterocycles. The van der Waals surface area contributed by atoms with Crippen LogP contribution in [-0.2, 0) is 6.42 Å². The Morgan fingerprint density at radius 3 is 3.00 bits per heavy atom. The maximum Gasteiger partial charge on any atom is 0.0794 e. The van der Waals surface area contributed by atoms with Crippen molar-refractivity contribution in [1.29, 1.82) is 0 Å². The van der Waals surface area contributed by atoms with Crippen LogP contribution in [0.25, 0.3) is 0 Å². The molecule has 16 heavy (non-hydrogen) atoms. The Bertz CT molecular complexity index is 438. The first-order valence-corrected chi connectivity index (χ1v) is 6.51. The Morgan fingerprint density at radius 2 is 2.31 bits per heavy atom. The molecule has 0 amide bonds. The third kappa shape index (κ3) is 2.70. The monoisotopic (exact) mass is 298 g/mol. The molecule has 4 nitrogen and oxygen atoms in total. The van der Waals surface area contributed by atoms with Crippen LogP contribution in [0, 0.1) is 0 Å². The van der Waals surface area contributed by atoms with Crippen LogP contribution in [0.4, 0.5) is 11.4 Å². The Hall–Kier alpha value is -1.14. The van der Waals surface area contributed by atoms with Crippen molar-refractivity contribution in [2.24, 2.45) is 0 Å². The third-order valence-corrected chi connectivity index (χ3v) is 3.33.